The van der Waals surface area contributed by atoms with Crippen LogP contribution in [0.15, 0.2) is 42.7 Å². The Labute approximate surface area is 180 Å². The first kappa shape index (κ1) is 19.9. The van der Waals surface area contributed by atoms with Gasteiger partial charge in [-0.05, 0) is 37.3 Å². The van der Waals surface area contributed by atoms with E-state index >= 15 is 0 Å². The van der Waals surface area contributed by atoms with Crippen LogP contribution in [0.4, 0.5) is 5.13 Å². The minimum absolute atomic E-state index is 0.281. The number of fused-ring (bicyclic) bond motifs is 1. The highest BCUT2D eigenvalue weighted by Gasteiger charge is 2.19. The minimum atomic E-state index is -0.373. The van der Waals surface area contributed by atoms with Crippen molar-refractivity contribution in [1.29, 1.82) is 0 Å². The fourth-order valence-corrected chi connectivity index (χ4v) is 4.05. The van der Waals surface area contributed by atoms with Crippen LogP contribution < -0.4 is 10.1 Å². The van der Waals surface area contributed by atoms with Gasteiger partial charge in [-0.1, -0.05) is 22.9 Å². The van der Waals surface area contributed by atoms with Gasteiger partial charge in [0.15, 0.2) is 5.13 Å². The van der Waals surface area contributed by atoms with Crippen molar-refractivity contribution < 1.29 is 14.3 Å². The van der Waals surface area contributed by atoms with E-state index in [4.69, 9.17) is 16.3 Å². The first-order chi connectivity index (χ1) is 14.5. The Bertz CT molecular complexity index is 1290. The molecule has 0 spiro atoms. The van der Waals surface area contributed by atoms with Crippen molar-refractivity contribution in [3.8, 4) is 16.9 Å². The van der Waals surface area contributed by atoms with Gasteiger partial charge in [0.25, 0.3) is 5.91 Å². The summed E-state index contributed by atoms with van der Waals surface area (Å²) in [7, 11) is 1.52. The molecule has 0 aliphatic heterocycles. The lowest BCUT2D eigenvalue weighted by atomic mass is 10.0. The van der Waals surface area contributed by atoms with E-state index in [0.717, 1.165) is 16.7 Å². The number of nitrogens with zero attached hydrogens (tertiary/aromatic N) is 3. The Balaban J connectivity index is 1.73. The number of nitrogens with one attached hydrogen (secondary N) is 1. The number of aldehydes is 1. The van der Waals surface area contributed by atoms with Gasteiger partial charge in [-0.25, -0.2) is 9.97 Å². The minimum Gasteiger partial charge on any atom is -0.494 e. The van der Waals surface area contributed by atoms with Crippen molar-refractivity contribution in [3.63, 3.8) is 0 Å². The van der Waals surface area contributed by atoms with Gasteiger partial charge in [0.1, 0.15) is 17.2 Å². The van der Waals surface area contributed by atoms with Crippen LogP contribution in [0.25, 0.3) is 21.3 Å². The summed E-state index contributed by atoms with van der Waals surface area (Å²) in [6.07, 6.45) is 3.79. The number of carbonyl (C=O) groups is 2. The van der Waals surface area contributed by atoms with E-state index < -0.39 is 0 Å². The summed E-state index contributed by atoms with van der Waals surface area (Å²) in [4.78, 5) is 36.8. The van der Waals surface area contributed by atoms with Crippen LogP contribution in [-0.4, -0.2) is 34.3 Å². The smallest absolute Gasteiger partial charge is 0.259 e. The fraction of sp³-hybridized carbons (Fsp3) is 0.0952. The fourth-order valence-electron chi connectivity index (χ4n) is 2.99. The summed E-state index contributed by atoms with van der Waals surface area (Å²) in [5.41, 5.74) is 3.58. The Morgan fingerprint density at radius 2 is 2.00 bits per heavy atom. The largest absolute Gasteiger partial charge is 0.494 e. The highest BCUT2D eigenvalue weighted by molar-refractivity contribution is 7.22. The van der Waals surface area contributed by atoms with Crippen molar-refractivity contribution in [2.45, 2.75) is 6.92 Å². The Morgan fingerprint density at radius 1 is 1.17 bits per heavy atom. The van der Waals surface area contributed by atoms with Crippen molar-refractivity contribution in [2.75, 3.05) is 12.4 Å². The quantitative estimate of drug-likeness (QED) is 0.355. The number of carbonyl (C=O) groups excluding carboxylic acids is 2. The zero-order valence-electron chi connectivity index (χ0n) is 16.0. The highest BCUT2D eigenvalue weighted by Crippen LogP contribution is 2.34. The summed E-state index contributed by atoms with van der Waals surface area (Å²) < 4.78 is 6.20. The van der Waals surface area contributed by atoms with Gasteiger partial charge in [0.2, 0.25) is 0 Å². The molecule has 30 heavy (non-hydrogen) atoms. The van der Waals surface area contributed by atoms with Gasteiger partial charge in [-0.2, -0.15) is 0 Å². The molecular weight excluding hydrogens is 424 g/mol. The molecule has 4 rings (SSSR count). The predicted octanol–water partition coefficient (Wildman–Crippen LogP) is 4.79. The van der Waals surface area contributed by atoms with E-state index in [1.165, 1.54) is 30.8 Å². The van der Waals surface area contributed by atoms with Gasteiger partial charge in [-0.15, -0.1) is 0 Å². The SMILES string of the molecule is COc1cnc(Cl)cc1-c1cc(C)ncc1C(=O)Nc1nc2ccc(C=O)cc2s1. The molecule has 0 radical (unpaired) electrons. The van der Waals surface area contributed by atoms with Crippen molar-refractivity contribution >= 4 is 50.5 Å². The number of amides is 1. The van der Waals surface area contributed by atoms with Crippen LogP contribution in [0, 0.1) is 6.92 Å². The van der Waals surface area contributed by atoms with Gasteiger partial charge in [-0.3, -0.25) is 19.9 Å². The molecule has 1 amide bonds. The molecule has 0 unspecified atom stereocenters. The van der Waals surface area contributed by atoms with E-state index in [-0.39, 0.29) is 11.1 Å². The summed E-state index contributed by atoms with van der Waals surface area (Å²) in [5.74, 6) is 0.114. The molecule has 1 aromatic carbocycles. The number of anilines is 1. The summed E-state index contributed by atoms with van der Waals surface area (Å²) in [6, 6.07) is 8.59. The molecule has 3 aromatic heterocycles. The maximum atomic E-state index is 13.1. The van der Waals surface area contributed by atoms with Crippen LogP contribution in [0.1, 0.15) is 26.4 Å². The number of halogens is 1. The molecule has 0 saturated heterocycles. The lowest BCUT2D eigenvalue weighted by molar-refractivity contribution is 0.102. The van der Waals surface area contributed by atoms with Crippen LogP contribution in [0.5, 0.6) is 5.75 Å². The number of benzene rings is 1. The van der Waals surface area contributed by atoms with Crippen molar-refractivity contribution in [3.05, 3.63) is 64.7 Å². The maximum Gasteiger partial charge on any atom is 0.259 e. The standard InChI is InChI=1S/C21H15ClN4O3S/c1-11-5-13(14-7-19(22)24-9-17(14)29-2)15(8-23-11)20(28)26-21-25-16-4-3-12(10-27)6-18(16)30-21/h3-10H,1-2H3,(H,25,26,28). The molecule has 0 saturated carbocycles. The summed E-state index contributed by atoms with van der Waals surface area (Å²) >= 11 is 7.37. The molecule has 0 bridgehead atoms. The third-order valence-electron chi connectivity index (χ3n) is 4.40. The number of thiazole rings is 1. The molecule has 3 heterocycles. The van der Waals surface area contributed by atoms with Crippen LogP contribution in [0.2, 0.25) is 5.15 Å². The first-order valence-corrected chi connectivity index (χ1v) is 10.0. The van der Waals surface area contributed by atoms with Gasteiger partial charge < -0.3 is 4.74 Å². The third kappa shape index (κ3) is 3.87. The summed E-state index contributed by atoms with van der Waals surface area (Å²) in [6.45, 7) is 1.83. The normalized spacial score (nSPS) is 10.8. The van der Waals surface area contributed by atoms with Gasteiger partial charge in [0, 0.05) is 28.6 Å². The van der Waals surface area contributed by atoms with Crippen LogP contribution in [-0.2, 0) is 0 Å². The molecule has 9 heteroatoms. The van der Waals surface area contributed by atoms with E-state index in [1.54, 1.807) is 30.3 Å². The molecule has 0 atom stereocenters. The number of rotatable bonds is 5. The topological polar surface area (TPSA) is 94.1 Å². The second-order valence-corrected chi connectivity index (χ2v) is 7.81. The average molecular weight is 439 g/mol. The molecule has 1 N–H and O–H groups in total. The number of methoxy groups -OCH3 is 1. The molecule has 150 valence electrons. The van der Waals surface area contributed by atoms with Crippen molar-refractivity contribution in [2.24, 2.45) is 0 Å². The Morgan fingerprint density at radius 3 is 2.77 bits per heavy atom. The molecular formula is C21H15ClN4O3S. The molecule has 0 fully saturated rings. The number of hydrogen-bond acceptors (Lipinski definition) is 7. The second kappa shape index (κ2) is 8.17. The zero-order valence-corrected chi connectivity index (χ0v) is 17.5. The molecule has 7 nitrogen and oxygen atoms in total. The third-order valence-corrected chi connectivity index (χ3v) is 5.54. The number of pyridine rings is 2. The van der Waals surface area contributed by atoms with Crippen LogP contribution >= 0.6 is 22.9 Å². The van der Waals surface area contributed by atoms with Crippen molar-refractivity contribution in [1.82, 2.24) is 15.0 Å². The number of aryl methyl sites for hydroxylation is 1. The van der Waals surface area contributed by atoms with E-state index in [9.17, 15) is 9.59 Å². The molecule has 0 aliphatic carbocycles. The summed E-state index contributed by atoms with van der Waals surface area (Å²) in [5, 5.41) is 3.52. The first-order valence-electron chi connectivity index (χ1n) is 8.82. The Kier molecular flexibility index (Phi) is 5.43. The lowest BCUT2D eigenvalue weighted by Crippen LogP contribution is -2.14. The number of aromatic nitrogens is 3. The van der Waals surface area contributed by atoms with Gasteiger partial charge >= 0.3 is 0 Å². The molecule has 0 aliphatic rings. The van der Waals surface area contributed by atoms with Gasteiger partial charge in [0.05, 0.1) is 29.1 Å². The highest BCUT2D eigenvalue weighted by atomic mass is 35.5. The maximum absolute atomic E-state index is 13.1. The zero-order chi connectivity index (χ0) is 21.3. The predicted molar refractivity (Wildman–Crippen MR) is 117 cm³/mol. The lowest BCUT2D eigenvalue weighted by Gasteiger charge is -2.13. The average Bonchev–Trinajstić information content (AvgIpc) is 3.14. The van der Waals surface area contributed by atoms with E-state index in [0.29, 0.717) is 38.7 Å². The number of ether oxygens (including phenoxy) is 1. The second-order valence-electron chi connectivity index (χ2n) is 6.40. The molecule has 4 aromatic rings. The van der Waals surface area contributed by atoms with Crippen LogP contribution in [0.3, 0.4) is 0 Å². The van der Waals surface area contributed by atoms with E-state index in [1.807, 2.05) is 6.92 Å². The monoisotopic (exact) mass is 438 g/mol. The van der Waals surface area contributed by atoms with E-state index in [2.05, 4.69) is 20.3 Å². The number of hydrogen-bond donors (Lipinski definition) is 1. The Hall–Kier alpha value is -3.36.